The Bertz CT molecular complexity index is 714. The summed E-state index contributed by atoms with van der Waals surface area (Å²) in [6, 6.07) is 11.9. The summed E-state index contributed by atoms with van der Waals surface area (Å²) >= 11 is 1.78. The van der Waals surface area contributed by atoms with Crippen molar-refractivity contribution in [1.29, 1.82) is 0 Å². The van der Waals surface area contributed by atoms with Crippen LogP contribution in [0.5, 0.6) is 0 Å². The number of carbonyl (C=O) groups excluding carboxylic acids is 1. The van der Waals surface area contributed by atoms with Crippen molar-refractivity contribution in [3.05, 3.63) is 57.8 Å². The standard InChI is InChI=1S/C20H28N4OS.HI/c1-5-21-20(22-13-15(2)18-7-6-12-26-18)23-14-16-8-10-17(11-9-16)19(25)24(3)4;/h6-12,15H,5,13-14H2,1-4H3,(H2,21,22,23);1H. The van der Waals surface area contributed by atoms with Gasteiger partial charge in [0.15, 0.2) is 5.96 Å². The van der Waals surface area contributed by atoms with Gasteiger partial charge in [0.2, 0.25) is 0 Å². The molecule has 0 aliphatic heterocycles. The van der Waals surface area contributed by atoms with Gasteiger partial charge in [-0.05, 0) is 36.1 Å². The highest BCUT2D eigenvalue weighted by Crippen LogP contribution is 2.19. The maximum absolute atomic E-state index is 11.9. The van der Waals surface area contributed by atoms with Crippen LogP contribution in [0.1, 0.15) is 40.6 Å². The Morgan fingerprint density at radius 1 is 1.19 bits per heavy atom. The number of amides is 1. The average molecular weight is 500 g/mol. The van der Waals surface area contributed by atoms with Crippen molar-refractivity contribution < 1.29 is 4.79 Å². The number of nitrogens with zero attached hydrogens (tertiary/aromatic N) is 2. The van der Waals surface area contributed by atoms with Crippen LogP contribution in [-0.4, -0.2) is 44.0 Å². The van der Waals surface area contributed by atoms with Gasteiger partial charge in [0.05, 0.1) is 6.54 Å². The van der Waals surface area contributed by atoms with Gasteiger partial charge in [-0.3, -0.25) is 4.79 Å². The molecule has 1 unspecified atom stereocenters. The average Bonchev–Trinajstić information content (AvgIpc) is 3.18. The molecular formula is C20H29IN4OS. The number of benzene rings is 1. The number of hydrogen-bond acceptors (Lipinski definition) is 3. The third-order valence-electron chi connectivity index (χ3n) is 3.98. The van der Waals surface area contributed by atoms with Crippen LogP contribution in [0.2, 0.25) is 0 Å². The van der Waals surface area contributed by atoms with Gasteiger partial charge in [-0.1, -0.05) is 25.1 Å². The van der Waals surface area contributed by atoms with Crippen LogP contribution in [0.25, 0.3) is 0 Å². The van der Waals surface area contributed by atoms with Crippen molar-refractivity contribution >= 4 is 47.2 Å². The van der Waals surface area contributed by atoms with Gasteiger partial charge >= 0.3 is 0 Å². The van der Waals surface area contributed by atoms with Crippen molar-refractivity contribution in [3.63, 3.8) is 0 Å². The predicted octanol–water partition coefficient (Wildman–Crippen LogP) is 3.93. The quantitative estimate of drug-likeness (QED) is 0.344. The van der Waals surface area contributed by atoms with Crippen LogP contribution < -0.4 is 10.6 Å². The zero-order valence-electron chi connectivity index (χ0n) is 16.4. The van der Waals surface area contributed by atoms with Crippen molar-refractivity contribution in [2.75, 3.05) is 27.2 Å². The summed E-state index contributed by atoms with van der Waals surface area (Å²) in [6.45, 7) is 6.49. The maximum Gasteiger partial charge on any atom is 0.253 e. The first kappa shape index (κ1) is 23.4. The lowest BCUT2D eigenvalue weighted by atomic mass is 10.1. The molecule has 5 nitrogen and oxygen atoms in total. The molecule has 1 heterocycles. The Morgan fingerprint density at radius 3 is 2.44 bits per heavy atom. The largest absolute Gasteiger partial charge is 0.357 e. The molecule has 2 N–H and O–H groups in total. The molecule has 0 spiro atoms. The van der Waals surface area contributed by atoms with E-state index in [0.717, 1.165) is 24.6 Å². The summed E-state index contributed by atoms with van der Waals surface area (Å²) in [5.41, 5.74) is 1.77. The van der Waals surface area contributed by atoms with Crippen LogP contribution in [0.3, 0.4) is 0 Å². The highest BCUT2D eigenvalue weighted by atomic mass is 127. The molecular weight excluding hydrogens is 471 g/mol. The molecule has 0 radical (unpaired) electrons. The maximum atomic E-state index is 11.9. The van der Waals surface area contributed by atoms with E-state index in [4.69, 9.17) is 0 Å². The zero-order chi connectivity index (χ0) is 18.9. The van der Waals surface area contributed by atoms with Crippen molar-refractivity contribution in [2.45, 2.75) is 26.3 Å². The summed E-state index contributed by atoms with van der Waals surface area (Å²) in [4.78, 5) is 19.5. The van der Waals surface area contributed by atoms with E-state index < -0.39 is 0 Å². The van der Waals surface area contributed by atoms with Crippen molar-refractivity contribution in [3.8, 4) is 0 Å². The van der Waals surface area contributed by atoms with Crippen LogP contribution in [0.4, 0.5) is 0 Å². The molecule has 0 fully saturated rings. The molecule has 0 saturated heterocycles. The van der Waals surface area contributed by atoms with Gasteiger partial charge in [-0.25, -0.2) is 4.99 Å². The van der Waals surface area contributed by atoms with Gasteiger partial charge in [0.1, 0.15) is 0 Å². The summed E-state index contributed by atoms with van der Waals surface area (Å²) in [6.07, 6.45) is 0. The summed E-state index contributed by atoms with van der Waals surface area (Å²) in [5, 5.41) is 8.79. The number of nitrogens with one attached hydrogen (secondary N) is 2. The van der Waals surface area contributed by atoms with Gasteiger partial charge < -0.3 is 15.5 Å². The van der Waals surface area contributed by atoms with E-state index in [1.54, 1.807) is 30.3 Å². The number of aliphatic imine (C=N–C) groups is 1. The number of rotatable bonds is 7. The molecule has 0 saturated carbocycles. The van der Waals surface area contributed by atoms with Gasteiger partial charge in [-0.15, -0.1) is 35.3 Å². The van der Waals surface area contributed by atoms with E-state index in [1.165, 1.54) is 4.88 Å². The molecule has 0 aliphatic rings. The number of thiophene rings is 1. The molecule has 1 atom stereocenters. The van der Waals surface area contributed by atoms with Crippen LogP contribution >= 0.6 is 35.3 Å². The van der Waals surface area contributed by atoms with Crippen LogP contribution in [0, 0.1) is 0 Å². The SMILES string of the molecule is CCNC(=NCc1ccc(C(=O)N(C)C)cc1)NCC(C)c1cccs1.I. The minimum atomic E-state index is 0. The van der Waals surface area contributed by atoms with E-state index in [9.17, 15) is 4.79 Å². The molecule has 27 heavy (non-hydrogen) atoms. The molecule has 1 amide bonds. The van der Waals surface area contributed by atoms with Gasteiger partial charge in [0.25, 0.3) is 5.91 Å². The van der Waals surface area contributed by atoms with Gasteiger partial charge in [0, 0.05) is 43.5 Å². The van der Waals surface area contributed by atoms with E-state index in [0.29, 0.717) is 18.0 Å². The Labute approximate surface area is 183 Å². The minimum Gasteiger partial charge on any atom is -0.357 e. The molecule has 148 valence electrons. The monoisotopic (exact) mass is 500 g/mol. The molecule has 2 aromatic rings. The highest BCUT2D eigenvalue weighted by molar-refractivity contribution is 14.0. The molecule has 1 aromatic heterocycles. The van der Waals surface area contributed by atoms with E-state index in [-0.39, 0.29) is 29.9 Å². The van der Waals surface area contributed by atoms with Crippen molar-refractivity contribution in [2.24, 2.45) is 4.99 Å². The summed E-state index contributed by atoms with van der Waals surface area (Å²) in [5.74, 6) is 1.26. The number of hydrogen-bond donors (Lipinski definition) is 2. The van der Waals surface area contributed by atoms with Gasteiger partial charge in [-0.2, -0.15) is 0 Å². The zero-order valence-corrected chi connectivity index (χ0v) is 19.5. The second-order valence-electron chi connectivity index (χ2n) is 6.39. The fourth-order valence-corrected chi connectivity index (χ4v) is 3.23. The lowest BCUT2D eigenvalue weighted by Crippen LogP contribution is -2.39. The molecule has 0 bridgehead atoms. The Hall–Kier alpha value is -1.61. The van der Waals surface area contributed by atoms with Crippen LogP contribution in [0.15, 0.2) is 46.8 Å². The number of carbonyl (C=O) groups is 1. The smallest absolute Gasteiger partial charge is 0.253 e. The third kappa shape index (κ3) is 7.50. The number of guanidine groups is 1. The van der Waals surface area contributed by atoms with E-state index >= 15 is 0 Å². The fraction of sp³-hybridized carbons (Fsp3) is 0.400. The summed E-state index contributed by atoms with van der Waals surface area (Å²) < 4.78 is 0. The van der Waals surface area contributed by atoms with Crippen LogP contribution in [-0.2, 0) is 6.54 Å². The molecule has 7 heteroatoms. The van der Waals surface area contributed by atoms with E-state index in [1.807, 2.05) is 24.3 Å². The fourth-order valence-electron chi connectivity index (χ4n) is 2.45. The van der Waals surface area contributed by atoms with Crippen molar-refractivity contribution in [1.82, 2.24) is 15.5 Å². The number of halogens is 1. The second-order valence-corrected chi connectivity index (χ2v) is 7.37. The summed E-state index contributed by atoms with van der Waals surface area (Å²) in [7, 11) is 3.51. The Balaban J connectivity index is 0.00000364. The Kier molecular flexibility index (Phi) is 10.4. The first-order chi connectivity index (χ1) is 12.5. The molecule has 2 rings (SSSR count). The first-order valence-electron chi connectivity index (χ1n) is 8.87. The minimum absolute atomic E-state index is 0. The molecule has 1 aromatic carbocycles. The molecule has 0 aliphatic carbocycles. The first-order valence-corrected chi connectivity index (χ1v) is 9.75. The lowest BCUT2D eigenvalue weighted by Gasteiger charge is -2.15. The Morgan fingerprint density at radius 2 is 1.89 bits per heavy atom. The topological polar surface area (TPSA) is 56.7 Å². The predicted molar refractivity (Wildman–Crippen MR) is 125 cm³/mol. The highest BCUT2D eigenvalue weighted by Gasteiger charge is 2.08. The van der Waals surface area contributed by atoms with E-state index in [2.05, 4.69) is 47.0 Å². The lowest BCUT2D eigenvalue weighted by molar-refractivity contribution is 0.0827. The normalized spacial score (nSPS) is 12.1. The third-order valence-corrected chi connectivity index (χ3v) is 5.08. The second kappa shape index (κ2) is 12.0.